The lowest BCUT2D eigenvalue weighted by Gasteiger charge is -2.00. The molecule has 0 radical (unpaired) electrons. The summed E-state index contributed by atoms with van der Waals surface area (Å²) in [7, 11) is 0. The van der Waals surface area contributed by atoms with Gasteiger partial charge < -0.3 is 5.32 Å². The zero-order valence-corrected chi connectivity index (χ0v) is 6.37. The van der Waals surface area contributed by atoms with E-state index in [1.807, 2.05) is 0 Å². The Hall–Kier alpha value is -1.45. The Balaban J connectivity index is 2.26. The summed E-state index contributed by atoms with van der Waals surface area (Å²) in [5, 5.41) is 2.76. The van der Waals surface area contributed by atoms with E-state index in [0.717, 1.165) is 18.4 Å². The van der Waals surface area contributed by atoms with Gasteiger partial charge in [0, 0.05) is 11.8 Å². The van der Waals surface area contributed by atoms with Crippen molar-refractivity contribution in [3.8, 4) is 0 Å². The topological polar surface area (TPSA) is 54.9 Å². The average molecular weight is 161 g/mol. The van der Waals surface area contributed by atoms with Crippen molar-refractivity contribution < 1.29 is 4.79 Å². The van der Waals surface area contributed by atoms with Crippen LogP contribution >= 0.6 is 0 Å². The molecule has 4 heteroatoms. The lowest BCUT2D eigenvalue weighted by Crippen LogP contribution is -2.18. The van der Waals surface area contributed by atoms with Gasteiger partial charge in [-0.15, -0.1) is 0 Å². The number of rotatable bonds is 0. The van der Waals surface area contributed by atoms with Crippen LogP contribution in [0.3, 0.4) is 0 Å². The van der Waals surface area contributed by atoms with Gasteiger partial charge in [0.15, 0.2) is 0 Å². The van der Waals surface area contributed by atoms with Crippen LogP contribution in [0.15, 0.2) is 12.5 Å². The summed E-state index contributed by atoms with van der Waals surface area (Å²) in [4.78, 5) is 19.4. The van der Waals surface area contributed by atoms with Gasteiger partial charge in [-0.05, 0) is 12.8 Å². The molecular formula is C8H7N3O. The highest BCUT2D eigenvalue weighted by Crippen LogP contribution is 2.53. The number of carbonyl (C=O) groups is 1. The second kappa shape index (κ2) is 1.65. The lowest BCUT2D eigenvalue weighted by atomic mass is 10.0. The van der Waals surface area contributed by atoms with Crippen molar-refractivity contribution in [3.63, 3.8) is 0 Å². The summed E-state index contributed by atoms with van der Waals surface area (Å²) in [6.07, 6.45) is 5.09. The monoisotopic (exact) mass is 161 g/mol. The zero-order valence-electron chi connectivity index (χ0n) is 6.37. The van der Waals surface area contributed by atoms with Gasteiger partial charge in [-0.3, -0.25) is 4.79 Å². The van der Waals surface area contributed by atoms with Crippen molar-refractivity contribution in [2.45, 2.75) is 18.3 Å². The number of hydrogen-bond donors (Lipinski definition) is 1. The third kappa shape index (κ3) is 0.522. The molecule has 0 atom stereocenters. The summed E-state index contributed by atoms with van der Waals surface area (Å²) in [5.74, 6) is 0.797. The van der Waals surface area contributed by atoms with Gasteiger partial charge in [-0.1, -0.05) is 0 Å². The van der Waals surface area contributed by atoms with Gasteiger partial charge in [0.05, 0.1) is 5.41 Å². The first kappa shape index (κ1) is 6.11. The van der Waals surface area contributed by atoms with E-state index >= 15 is 0 Å². The average Bonchev–Trinajstić information content (AvgIpc) is 2.80. The summed E-state index contributed by atoms with van der Waals surface area (Å²) in [6, 6.07) is 0. The van der Waals surface area contributed by atoms with E-state index in [1.54, 1.807) is 6.20 Å². The van der Waals surface area contributed by atoms with Gasteiger partial charge in [-0.2, -0.15) is 0 Å². The molecule has 1 aliphatic carbocycles. The van der Waals surface area contributed by atoms with E-state index < -0.39 is 0 Å². The zero-order chi connectivity index (χ0) is 8.18. The quantitative estimate of drug-likeness (QED) is 0.601. The van der Waals surface area contributed by atoms with Crippen LogP contribution in [0.25, 0.3) is 0 Å². The van der Waals surface area contributed by atoms with Crippen LogP contribution in [0.5, 0.6) is 0 Å². The molecule has 1 saturated carbocycles. The summed E-state index contributed by atoms with van der Waals surface area (Å²) < 4.78 is 0. The Labute approximate surface area is 69.0 Å². The van der Waals surface area contributed by atoms with Crippen LogP contribution in [0.4, 0.5) is 5.82 Å². The van der Waals surface area contributed by atoms with E-state index in [1.165, 1.54) is 6.33 Å². The first-order valence-corrected chi connectivity index (χ1v) is 3.95. The molecule has 1 fully saturated rings. The molecule has 0 aromatic carbocycles. The number of amides is 1. The van der Waals surface area contributed by atoms with Crippen LogP contribution in [-0.4, -0.2) is 15.9 Å². The van der Waals surface area contributed by atoms with Crippen LogP contribution in [0, 0.1) is 0 Å². The molecular weight excluding hydrogens is 154 g/mol. The van der Waals surface area contributed by atoms with Crippen molar-refractivity contribution in [3.05, 3.63) is 18.1 Å². The number of aromatic nitrogens is 2. The predicted molar refractivity (Wildman–Crippen MR) is 41.6 cm³/mol. The van der Waals surface area contributed by atoms with Gasteiger partial charge in [0.2, 0.25) is 5.91 Å². The molecule has 1 amide bonds. The van der Waals surface area contributed by atoms with E-state index in [-0.39, 0.29) is 11.3 Å². The van der Waals surface area contributed by atoms with Crippen LogP contribution in [0.1, 0.15) is 18.4 Å². The lowest BCUT2D eigenvalue weighted by molar-refractivity contribution is -0.117. The highest BCUT2D eigenvalue weighted by molar-refractivity contribution is 6.07. The Kier molecular flexibility index (Phi) is 0.842. The van der Waals surface area contributed by atoms with Crippen LogP contribution < -0.4 is 5.32 Å². The smallest absolute Gasteiger partial charge is 0.236 e. The molecule has 12 heavy (non-hydrogen) atoms. The number of nitrogens with one attached hydrogen (secondary N) is 1. The van der Waals surface area contributed by atoms with Crippen molar-refractivity contribution in [1.82, 2.24) is 9.97 Å². The van der Waals surface area contributed by atoms with Crippen molar-refractivity contribution in [2.24, 2.45) is 0 Å². The predicted octanol–water partition coefficient (Wildman–Crippen LogP) is 0.460. The molecule has 60 valence electrons. The molecule has 1 aromatic heterocycles. The van der Waals surface area contributed by atoms with E-state index in [2.05, 4.69) is 15.3 Å². The molecule has 2 heterocycles. The van der Waals surface area contributed by atoms with Gasteiger partial charge in [0.25, 0.3) is 0 Å². The van der Waals surface area contributed by atoms with Gasteiger partial charge >= 0.3 is 0 Å². The van der Waals surface area contributed by atoms with E-state index in [0.29, 0.717) is 5.82 Å². The van der Waals surface area contributed by atoms with E-state index in [9.17, 15) is 4.79 Å². The van der Waals surface area contributed by atoms with Crippen molar-refractivity contribution in [1.29, 1.82) is 0 Å². The molecule has 0 bridgehead atoms. The number of nitrogens with zero attached hydrogens (tertiary/aromatic N) is 2. The Bertz CT molecular complexity index is 370. The van der Waals surface area contributed by atoms with Crippen molar-refractivity contribution in [2.75, 3.05) is 5.32 Å². The second-order valence-corrected chi connectivity index (χ2v) is 3.32. The standard InChI is InChI=1S/C8H7N3O/c12-7-8(1-2-8)5-3-9-4-10-6(5)11-7/h3-4H,1-2H2,(H,9,10,11,12). The minimum atomic E-state index is -0.239. The molecule has 1 aromatic rings. The molecule has 0 saturated heterocycles. The minimum Gasteiger partial charge on any atom is -0.310 e. The highest BCUT2D eigenvalue weighted by atomic mass is 16.2. The maximum absolute atomic E-state index is 11.4. The summed E-state index contributed by atoms with van der Waals surface area (Å²) in [5.41, 5.74) is 0.742. The minimum absolute atomic E-state index is 0.0954. The third-order valence-electron chi connectivity index (χ3n) is 2.64. The maximum atomic E-state index is 11.4. The fourth-order valence-corrected chi connectivity index (χ4v) is 1.75. The SMILES string of the molecule is O=C1Nc2ncncc2C12CC2. The van der Waals surface area contributed by atoms with Gasteiger partial charge in [0.1, 0.15) is 12.1 Å². The largest absolute Gasteiger partial charge is 0.310 e. The Morgan fingerprint density at radius 3 is 3.08 bits per heavy atom. The fourth-order valence-electron chi connectivity index (χ4n) is 1.75. The molecule has 0 unspecified atom stereocenters. The van der Waals surface area contributed by atoms with E-state index in [4.69, 9.17) is 0 Å². The number of anilines is 1. The Morgan fingerprint density at radius 2 is 2.33 bits per heavy atom. The van der Waals surface area contributed by atoms with Crippen LogP contribution in [-0.2, 0) is 10.2 Å². The fraction of sp³-hybridized carbons (Fsp3) is 0.375. The number of fused-ring (bicyclic) bond motifs is 2. The molecule has 2 aliphatic rings. The third-order valence-corrected chi connectivity index (χ3v) is 2.64. The second-order valence-electron chi connectivity index (χ2n) is 3.32. The highest BCUT2D eigenvalue weighted by Gasteiger charge is 2.56. The normalized spacial score (nSPS) is 22.2. The van der Waals surface area contributed by atoms with Crippen molar-refractivity contribution >= 4 is 11.7 Å². The summed E-state index contributed by atoms with van der Waals surface area (Å²) >= 11 is 0. The van der Waals surface area contributed by atoms with Gasteiger partial charge in [-0.25, -0.2) is 9.97 Å². The maximum Gasteiger partial charge on any atom is 0.236 e. The molecule has 1 N–H and O–H groups in total. The Morgan fingerprint density at radius 1 is 1.50 bits per heavy atom. The molecule has 3 rings (SSSR count). The summed E-state index contributed by atoms with van der Waals surface area (Å²) in [6.45, 7) is 0. The first-order valence-electron chi connectivity index (χ1n) is 3.95. The molecule has 1 spiro atoms. The molecule has 1 aliphatic heterocycles. The number of carbonyl (C=O) groups excluding carboxylic acids is 1. The van der Waals surface area contributed by atoms with Crippen LogP contribution in [0.2, 0.25) is 0 Å². The first-order chi connectivity index (χ1) is 5.83. The molecule has 4 nitrogen and oxygen atoms in total. The number of hydrogen-bond acceptors (Lipinski definition) is 3.